The molecule has 9 nitrogen and oxygen atoms in total. The topological polar surface area (TPSA) is 111 Å². The van der Waals surface area contributed by atoms with Gasteiger partial charge >= 0.3 is 0 Å². The van der Waals surface area contributed by atoms with Gasteiger partial charge < -0.3 is 19.8 Å². The summed E-state index contributed by atoms with van der Waals surface area (Å²) in [6, 6.07) is 8.07. The summed E-state index contributed by atoms with van der Waals surface area (Å²) >= 11 is 0. The number of nitrogens with one attached hydrogen (secondary N) is 2. The van der Waals surface area contributed by atoms with E-state index in [2.05, 4.69) is 20.7 Å². The van der Waals surface area contributed by atoms with E-state index in [1.165, 1.54) is 7.05 Å². The molecule has 0 fully saturated rings. The molecule has 164 valence electrons. The zero-order chi connectivity index (χ0) is 22.5. The molecule has 9 heteroatoms. The molecule has 31 heavy (non-hydrogen) atoms. The predicted molar refractivity (Wildman–Crippen MR) is 114 cm³/mol. The molecule has 0 saturated heterocycles. The highest BCUT2D eigenvalue weighted by Gasteiger charge is 2.25. The molecule has 0 saturated carbocycles. The number of carbonyl (C=O) groups is 2. The van der Waals surface area contributed by atoms with Crippen LogP contribution in [-0.2, 0) is 18.4 Å². The second kappa shape index (κ2) is 9.46. The van der Waals surface area contributed by atoms with E-state index in [-0.39, 0.29) is 17.6 Å². The Kier molecular flexibility index (Phi) is 6.74. The average Bonchev–Trinajstić information content (AvgIpc) is 3.37. The molecule has 0 unspecified atom stereocenters. The number of aromatic nitrogens is 3. The SMILES string of the molecule is CNC(=O)[C@@H](NC(=O)c1ccc(-c2ccc(OCc3cc(C)n(C)n3)cn2)o1)C(C)C. The van der Waals surface area contributed by atoms with Gasteiger partial charge in [0.2, 0.25) is 5.91 Å². The molecule has 0 bridgehead atoms. The summed E-state index contributed by atoms with van der Waals surface area (Å²) in [4.78, 5) is 28.8. The van der Waals surface area contributed by atoms with E-state index in [4.69, 9.17) is 9.15 Å². The first-order chi connectivity index (χ1) is 14.8. The molecule has 0 aliphatic carbocycles. The molecular formula is C22H27N5O4. The third-order valence-corrected chi connectivity index (χ3v) is 4.85. The Morgan fingerprint density at radius 1 is 1.23 bits per heavy atom. The fourth-order valence-electron chi connectivity index (χ4n) is 2.97. The van der Waals surface area contributed by atoms with E-state index in [1.807, 2.05) is 33.9 Å². The van der Waals surface area contributed by atoms with Gasteiger partial charge in [0.1, 0.15) is 29.8 Å². The summed E-state index contributed by atoms with van der Waals surface area (Å²) in [5.74, 6) is 0.368. The second-order valence-electron chi connectivity index (χ2n) is 7.54. The van der Waals surface area contributed by atoms with Gasteiger partial charge in [0.25, 0.3) is 5.91 Å². The van der Waals surface area contributed by atoms with Gasteiger partial charge in [-0.1, -0.05) is 13.8 Å². The van der Waals surface area contributed by atoms with Crippen molar-refractivity contribution in [3.8, 4) is 17.2 Å². The van der Waals surface area contributed by atoms with Crippen LogP contribution >= 0.6 is 0 Å². The van der Waals surface area contributed by atoms with Crippen molar-refractivity contribution in [2.24, 2.45) is 13.0 Å². The lowest BCUT2D eigenvalue weighted by atomic mass is 10.0. The molecule has 3 aromatic rings. The third-order valence-electron chi connectivity index (χ3n) is 4.85. The standard InChI is InChI=1S/C22H27N5O4/c1-13(2)20(22(29)23-4)25-21(28)19-9-8-18(31-19)17-7-6-16(11-24-17)30-12-15-10-14(3)27(5)26-15/h6-11,13,20H,12H2,1-5H3,(H,23,29)(H,25,28)/t20-/m0/s1. The molecule has 0 radical (unpaired) electrons. The molecule has 3 heterocycles. The molecule has 2 N–H and O–H groups in total. The van der Waals surface area contributed by atoms with Crippen LogP contribution in [0.5, 0.6) is 5.75 Å². The number of furan rings is 1. The largest absolute Gasteiger partial charge is 0.486 e. The first kappa shape index (κ1) is 22.1. The van der Waals surface area contributed by atoms with E-state index in [0.29, 0.717) is 23.8 Å². The highest BCUT2D eigenvalue weighted by molar-refractivity contribution is 5.95. The van der Waals surface area contributed by atoms with Gasteiger partial charge in [0.15, 0.2) is 11.5 Å². The van der Waals surface area contributed by atoms with Gasteiger partial charge in [-0.05, 0) is 43.2 Å². The number of amides is 2. The highest BCUT2D eigenvalue weighted by atomic mass is 16.5. The number of pyridine rings is 1. The molecule has 0 aliphatic rings. The van der Waals surface area contributed by atoms with E-state index in [1.54, 1.807) is 35.1 Å². The van der Waals surface area contributed by atoms with Crippen LogP contribution in [0.25, 0.3) is 11.5 Å². The Balaban J connectivity index is 1.63. The van der Waals surface area contributed by atoms with Crippen LogP contribution in [0.1, 0.15) is 35.8 Å². The van der Waals surface area contributed by atoms with Crippen LogP contribution in [0.15, 0.2) is 40.9 Å². The predicted octanol–water partition coefficient (Wildman–Crippen LogP) is 2.46. The van der Waals surface area contributed by atoms with Gasteiger partial charge in [-0.2, -0.15) is 5.10 Å². The van der Waals surface area contributed by atoms with Crippen LogP contribution < -0.4 is 15.4 Å². The van der Waals surface area contributed by atoms with E-state index >= 15 is 0 Å². The lowest BCUT2D eigenvalue weighted by Gasteiger charge is -2.19. The summed E-state index contributed by atoms with van der Waals surface area (Å²) in [7, 11) is 3.42. The van der Waals surface area contributed by atoms with Gasteiger partial charge in [-0.25, -0.2) is 4.98 Å². The van der Waals surface area contributed by atoms with Gasteiger partial charge in [-0.15, -0.1) is 0 Å². The molecule has 2 amide bonds. The molecule has 1 atom stereocenters. The minimum Gasteiger partial charge on any atom is -0.486 e. The number of hydrogen-bond donors (Lipinski definition) is 2. The maximum Gasteiger partial charge on any atom is 0.287 e. The Labute approximate surface area is 180 Å². The molecule has 0 spiro atoms. The maximum absolute atomic E-state index is 12.5. The summed E-state index contributed by atoms with van der Waals surface area (Å²) in [6.45, 7) is 6.04. The molecule has 0 aliphatic heterocycles. The van der Waals surface area contributed by atoms with Crippen molar-refractivity contribution in [1.82, 2.24) is 25.4 Å². The van der Waals surface area contributed by atoms with Crippen molar-refractivity contribution < 1.29 is 18.7 Å². The van der Waals surface area contributed by atoms with Gasteiger partial charge in [-0.3, -0.25) is 14.3 Å². The average molecular weight is 425 g/mol. The number of nitrogens with zero attached hydrogens (tertiary/aromatic N) is 3. The minimum absolute atomic E-state index is 0.0671. The molecule has 3 aromatic heterocycles. The van der Waals surface area contributed by atoms with Gasteiger partial charge in [0, 0.05) is 19.8 Å². The zero-order valence-corrected chi connectivity index (χ0v) is 18.3. The molecule has 0 aromatic carbocycles. The van der Waals surface area contributed by atoms with Crippen molar-refractivity contribution in [3.63, 3.8) is 0 Å². The van der Waals surface area contributed by atoms with Crippen molar-refractivity contribution >= 4 is 11.8 Å². The Morgan fingerprint density at radius 2 is 2.00 bits per heavy atom. The fraction of sp³-hybridized carbons (Fsp3) is 0.364. The van der Waals surface area contributed by atoms with Crippen LogP contribution in [-0.4, -0.2) is 39.7 Å². The first-order valence-electron chi connectivity index (χ1n) is 9.99. The van der Waals surface area contributed by atoms with Crippen LogP contribution in [0.3, 0.4) is 0 Å². The number of carbonyl (C=O) groups excluding carboxylic acids is 2. The summed E-state index contributed by atoms with van der Waals surface area (Å²) in [5, 5.41) is 9.61. The lowest BCUT2D eigenvalue weighted by Crippen LogP contribution is -2.48. The number of aryl methyl sites for hydroxylation is 2. The van der Waals surface area contributed by atoms with Crippen LogP contribution in [0.4, 0.5) is 0 Å². The first-order valence-corrected chi connectivity index (χ1v) is 9.99. The van der Waals surface area contributed by atoms with Gasteiger partial charge in [0.05, 0.1) is 6.20 Å². The van der Waals surface area contributed by atoms with Crippen molar-refractivity contribution in [2.75, 3.05) is 7.05 Å². The minimum atomic E-state index is -0.650. The van der Waals surface area contributed by atoms with Crippen LogP contribution in [0, 0.1) is 12.8 Å². The van der Waals surface area contributed by atoms with E-state index in [0.717, 1.165) is 11.4 Å². The monoisotopic (exact) mass is 425 g/mol. The second-order valence-corrected chi connectivity index (χ2v) is 7.54. The smallest absolute Gasteiger partial charge is 0.287 e. The zero-order valence-electron chi connectivity index (χ0n) is 18.3. The molecule has 3 rings (SSSR count). The van der Waals surface area contributed by atoms with E-state index < -0.39 is 11.9 Å². The Morgan fingerprint density at radius 3 is 2.58 bits per heavy atom. The lowest BCUT2D eigenvalue weighted by molar-refractivity contribution is -0.123. The van der Waals surface area contributed by atoms with Crippen molar-refractivity contribution in [2.45, 2.75) is 33.4 Å². The number of likely N-dealkylation sites (N-methyl/N-ethyl adjacent to an activating group) is 1. The number of rotatable bonds is 8. The van der Waals surface area contributed by atoms with Crippen molar-refractivity contribution in [3.05, 3.63) is 53.7 Å². The third kappa shape index (κ3) is 5.30. The summed E-state index contributed by atoms with van der Waals surface area (Å²) < 4.78 is 13.2. The summed E-state index contributed by atoms with van der Waals surface area (Å²) in [6.07, 6.45) is 1.59. The van der Waals surface area contributed by atoms with E-state index in [9.17, 15) is 9.59 Å². The number of hydrogen-bond acceptors (Lipinski definition) is 6. The highest BCUT2D eigenvalue weighted by Crippen LogP contribution is 2.23. The molecular weight excluding hydrogens is 398 g/mol. The van der Waals surface area contributed by atoms with Crippen LogP contribution in [0.2, 0.25) is 0 Å². The number of ether oxygens (including phenoxy) is 1. The van der Waals surface area contributed by atoms with Crippen molar-refractivity contribution in [1.29, 1.82) is 0 Å². The quantitative estimate of drug-likeness (QED) is 0.574. The fourth-order valence-corrected chi connectivity index (χ4v) is 2.97. The maximum atomic E-state index is 12.5. The Hall–Kier alpha value is -3.62. The normalized spacial score (nSPS) is 11.9. The Bertz CT molecular complexity index is 1030. The summed E-state index contributed by atoms with van der Waals surface area (Å²) in [5.41, 5.74) is 2.45.